The van der Waals surface area contributed by atoms with Crippen molar-refractivity contribution in [2.75, 3.05) is 69.7 Å². The first-order valence-electron chi connectivity index (χ1n) is 13.6. The van der Waals surface area contributed by atoms with Gasteiger partial charge >= 0.3 is 0 Å². The minimum absolute atomic E-state index is 0.0881. The van der Waals surface area contributed by atoms with Gasteiger partial charge in [-0.15, -0.1) is 11.3 Å². The Morgan fingerprint density at radius 2 is 1.95 bits per heavy atom. The van der Waals surface area contributed by atoms with E-state index in [0.29, 0.717) is 17.2 Å². The van der Waals surface area contributed by atoms with Crippen LogP contribution in [-0.2, 0) is 11.8 Å². The first-order chi connectivity index (χ1) is 18.3. The zero-order chi connectivity index (χ0) is 27.1. The number of benzene rings is 1. The molecule has 0 bridgehead atoms. The van der Waals surface area contributed by atoms with Crippen molar-refractivity contribution in [3.05, 3.63) is 39.8 Å². The highest BCUT2D eigenvalue weighted by molar-refractivity contribution is 7.16. The molecule has 10 heteroatoms. The highest BCUT2D eigenvalue weighted by atomic mass is 32.1. The Hall–Kier alpha value is -2.84. The Morgan fingerprint density at radius 3 is 2.61 bits per heavy atom. The standard InChI is InChI=1S/C17H27N5O.C11H14N2OS/c18-17(19)14-11-15(22-7-3-20-4-8-22)13-16(12-14)23-10-9-21-5-1-2-6-21;1-11(6-14)4-2-3-8-9(11)7(5-12)10(13)15-8/h11-13,20H,1-10H2,(H3,18,19);14H,2-4,6,13H2,1H3. The van der Waals surface area contributed by atoms with Crippen molar-refractivity contribution < 1.29 is 9.84 Å². The van der Waals surface area contributed by atoms with Crippen molar-refractivity contribution in [3.63, 3.8) is 0 Å². The lowest BCUT2D eigenvalue weighted by Gasteiger charge is -2.32. The first-order valence-corrected chi connectivity index (χ1v) is 14.4. The van der Waals surface area contributed by atoms with Crippen molar-refractivity contribution in [2.24, 2.45) is 5.73 Å². The van der Waals surface area contributed by atoms with E-state index in [4.69, 9.17) is 26.9 Å². The van der Waals surface area contributed by atoms with Gasteiger partial charge in [-0.3, -0.25) is 10.3 Å². The monoisotopic (exact) mass is 539 g/mol. The van der Waals surface area contributed by atoms with Gasteiger partial charge in [0, 0.05) is 60.3 Å². The number of rotatable bonds is 7. The number of aliphatic hydroxyl groups is 1. The molecule has 1 atom stereocenters. The van der Waals surface area contributed by atoms with Gasteiger partial charge < -0.3 is 31.5 Å². The Labute approximate surface area is 229 Å². The van der Waals surface area contributed by atoms with Gasteiger partial charge in [0.1, 0.15) is 29.3 Å². The molecule has 2 aliphatic heterocycles. The molecule has 2 fully saturated rings. The summed E-state index contributed by atoms with van der Waals surface area (Å²) in [4.78, 5) is 5.94. The average molecular weight is 540 g/mol. The number of thiophene rings is 1. The van der Waals surface area contributed by atoms with E-state index < -0.39 is 0 Å². The van der Waals surface area contributed by atoms with E-state index in [-0.39, 0.29) is 17.9 Å². The SMILES string of the molecule is CC1(CO)CCCc2sc(N)c(C#N)c21.N=C(N)c1cc(OCCN2CCCC2)cc(N2CCNCC2)c1. The molecule has 3 aliphatic rings. The number of likely N-dealkylation sites (tertiary alicyclic amines) is 1. The molecule has 2 saturated heterocycles. The van der Waals surface area contributed by atoms with Gasteiger partial charge in [0.2, 0.25) is 0 Å². The Bertz CT molecular complexity index is 1150. The van der Waals surface area contributed by atoms with E-state index in [0.717, 1.165) is 74.6 Å². The molecule has 2 aromatic rings. The van der Waals surface area contributed by atoms with Gasteiger partial charge in [0.05, 0.1) is 12.2 Å². The highest BCUT2D eigenvalue weighted by Gasteiger charge is 2.36. The third kappa shape index (κ3) is 6.59. The predicted octanol–water partition coefficient (Wildman–Crippen LogP) is 2.64. The summed E-state index contributed by atoms with van der Waals surface area (Å²) < 4.78 is 5.95. The molecule has 0 spiro atoms. The van der Waals surface area contributed by atoms with Gasteiger partial charge in [0.25, 0.3) is 0 Å². The number of nitriles is 1. The van der Waals surface area contributed by atoms with Gasteiger partial charge in [-0.05, 0) is 62.9 Å². The van der Waals surface area contributed by atoms with Crippen LogP contribution in [0.1, 0.15) is 54.2 Å². The van der Waals surface area contributed by atoms with E-state index in [1.54, 1.807) is 0 Å². The predicted molar refractivity (Wildman–Crippen MR) is 155 cm³/mol. The summed E-state index contributed by atoms with van der Waals surface area (Å²) in [6.45, 7) is 10.0. The largest absolute Gasteiger partial charge is 0.492 e. The second kappa shape index (κ2) is 12.8. The second-order valence-electron chi connectivity index (χ2n) is 10.6. The maximum absolute atomic E-state index is 9.48. The summed E-state index contributed by atoms with van der Waals surface area (Å²) in [6, 6.07) is 8.10. The summed E-state index contributed by atoms with van der Waals surface area (Å²) in [5.74, 6) is 0.900. The number of fused-ring (bicyclic) bond motifs is 1. The summed E-state index contributed by atoms with van der Waals surface area (Å²) in [5, 5.41) is 30.3. The molecule has 0 amide bonds. The number of nitrogen functional groups attached to an aromatic ring is 2. The molecule has 9 nitrogen and oxygen atoms in total. The number of hydrogen-bond acceptors (Lipinski definition) is 9. The van der Waals surface area contributed by atoms with Crippen LogP contribution < -0.4 is 26.4 Å². The van der Waals surface area contributed by atoms with Crippen molar-refractivity contribution >= 4 is 27.9 Å². The second-order valence-corrected chi connectivity index (χ2v) is 11.7. The Morgan fingerprint density at radius 1 is 1.21 bits per heavy atom. The minimum atomic E-state index is -0.271. The molecule has 0 radical (unpaired) electrons. The maximum Gasteiger partial charge on any atom is 0.122 e. The lowest BCUT2D eigenvalue weighted by molar-refractivity contribution is 0.189. The van der Waals surface area contributed by atoms with Gasteiger partial charge in [0.15, 0.2) is 0 Å². The van der Waals surface area contributed by atoms with Crippen LogP contribution in [0.5, 0.6) is 5.75 Å². The zero-order valence-corrected chi connectivity index (χ0v) is 23.2. The Balaban J connectivity index is 0.000000194. The van der Waals surface area contributed by atoms with Crippen molar-refractivity contribution in [1.82, 2.24) is 10.2 Å². The normalized spacial score (nSPS) is 21.2. The van der Waals surface area contributed by atoms with Crippen LogP contribution in [0.25, 0.3) is 0 Å². The number of amidine groups is 1. The molecule has 5 rings (SSSR count). The van der Waals surface area contributed by atoms with E-state index in [1.807, 2.05) is 19.1 Å². The smallest absolute Gasteiger partial charge is 0.122 e. The minimum Gasteiger partial charge on any atom is -0.492 e. The van der Waals surface area contributed by atoms with E-state index >= 15 is 0 Å². The molecule has 0 saturated carbocycles. The Kier molecular flexibility index (Phi) is 9.49. The number of nitrogens with one attached hydrogen (secondary N) is 2. The van der Waals surface area contributed by atoms with Crippen molar-refractivity contribution in [3.8, 4) is 11.8 Å². The zero-order valence-electron chi connectivity index (χ0n) is 22.4. The number of aryl methyl sites for hydroxylation is 1. The van der Waals surface area contributed by atoms with Crippen LogP contribution in [-0.4, -0.2) is 74.9 Å². The van der Waals surface area contributed by atoms with E-state index in [9.17, 15) is 5.11 Å². The van der Waals surface area contributed by atoms with Gasteiger partial charge in [-0.25, -0.2) is 0 Å². The maximum atomic E-state index is 9.48. The number of nitrogens with zero attached hydrogens (tertiary/aromatic N) is 3. The summed E-state index contributed by atoms with van der Waals surface area (Å²) in [6.07, 6.45) is 5.58. The van der Waals surface area contributed by atoms with Crippen LogP contribution in [0, 0.1) is 16.7 Å². The molecule has 1 aromatic heterocycles. The van der Waals surface area contributed by atoms with Crippen LogP contribution in [0.15, 0.2) is 18.2 Å². The third-order valence-corrected chi connectivity index (χ3v) is 8.84. The van der Waals surface area contributed by atoms with Gasteiger partial charge in [-0.2, -0.15) is 5.26 Å². The molecule has 38 heavy (non-hydrogen) atoms. The highest BCUT2D eigenvalue weighted by Crippen LogP contribution is 2.45. The quantitative estimate of drug-likeness (QED) is 0.266. The van der Waals surface area contributed by atoms with Crippen LogP contribution in [0.2, 0.25) is 0 Å². The average Bonchev–Trinajstić information content (AvgIpc) is 3.57. The number of anilines is 2. The fourth-order valence-electron chi connectivity index (χ4n) is 5.57. The number of aliphatic hydroxyl groups excluding tert-OH is 1. The molecule has 1 aromatic carbocycles. The van der Waals surface area contributed by atoms with Gasteiger partial charge in [-0.1, -0.05) is 6.92 Å². The molecule has 7 N–H and O–H groups in total. The molecule has 1 unspecified atom stereocenters. The van der Waals surface area contributed by atoms with Crippen molar-refractivity contribution in [1.29, 1.82) is 10.7 Å². The fourth-order valence-corrected chi connectivity index (χ4v) is 6.78. The number of ether oxygens (including phenoxy) is 1. The topological polar surface area (TPSA) is 148 Å². The molecule has 206 valence electrons. The third-order valence-electron chi connectivity index (χ3n) is 7.76. The molecule has 3 heterocycles. The number of hydrogen-bond donors (Lipinski definition) is 5. The lowest BCUT2D eigenvalue weighted by atomic mass is 9.73. The molecular weight excluding hydrogens is 498 g/mol. The molecular formula is C28H41N7O2S. The van der Waals surface area contributed by atoms with E-state index in [2.05, 4.69) is 27.3 Å². The number of nitrogens with two attached hydrogens (primary N) is 2. The lowest BCUT2D eigenvalue weighted by Crippen LogP contribution is -2.43. The van der Waals surface area contributed by atoms with E-state index in [1.165, 1.54) is 42.1 Å². The van der Waals surface area contributed by atoms with Crippen LogP contribution >= 0.6 is 11.3 Å². The van der Waals surface area contributed by atoms with Crippen molar-refractivity contribution in [2.45, 2.75) is 44.4 Å². The first kappa shape index (κ1) is 28.2. The summed E-state index contributed by atoms with van der Waals surface area (Å²) >= 11 is 1.50. The summed E-state index contributed by atoms with van der Waals surface area (Å²) in [7, 11) is 0. The van der Waals surface area contributed by atoms with Crippen LogP contribution in [0.3, 0.4) is 0 Å². The fraction of sp³-hybridized carbons (Fsp3) is 0.571. The molecule has 1 aliphatic carbocycles. The van der Waals surface area contributed by atoms with Crippen LogP contribution in [0.4, 0.5) is 10.7 Å². The number of piperazine rings is 1. The summed E-state index contributed by atoms with van der Waals surface area (Å²) in [5.41, 5.74) is 14.7.